The van der Waals surface area contributed by atoms with Gasteiger partial charge in [-0.15, -0.1) is 10.2 Å². The molecule has 1 aliphatic rings. The molecule has 0 spiro atoms. The van der Waals surface area contributed by atoms with Crippen molar-refractivity contribution < 1.29 is 14.0 Å². The number of hydrogen-bond acceptors (Lipinski definition) is 5. The van der Waals surface area contributed by atoms with Gasteiger partial charge >= 0.3 is 0 Å². The molecule has 2 heterocycles. The van der Waals surface area contributed by atoms with Crippen LogP contribution in [-0.4, -0.2) is 67.8 Å². The summed E-state index contributed by atoms with van der Waals surface area (Å²) < 4.78 is 15.6. The number of rotatable bonds is 8. The van der Waals surface area contributed by atoms with Gasteiger partial charge in [0.15, 0.2) is 11.0 Å². The number of hydrogen-bond donors (Lipinski definition) is 0. The predicted molar refractivity (Wildman–Crippen MR) is 155 cm³/mol. The fourth-order valence-electron chi connectivity index (χ4n) is 4.78. The first-order valence-corrected chi connectivity index (χ1v) is 14.5. The zero-order valence-electron chi connectivity index (χ0n) is 22.0. The van der Waals surface area contributed by atoms with Gasteiger partial charge in [0.1, 0.15) is 5.82 Å². The molecule has 1 saturated heterocycles. The Kier molecular flexibility index (Phi) is 8.81. The van der Waals surface area contributed by atoms with Gasteiger partial charge in [-0.25, -0.2) is 4.39 Å². The van der Waals surface area contributed by atoms with Gasteiger partial charge in [-0.2, -0.15) is 0 Å². The average Bonchev–Trinajstić information content (AvgIpc) is 3.39. The molecule has 0 N–H and O–H groups in total. The zero-order chi connectivity index (χ0) is 28.1. The lowest BCUT2D eigenvalue weighted by molar-refractivity contribution is -0.133. The summed E-state index contributed by atoms with van der Waals surface area (Å²) >= 11 is 7.64. The van der Waals surface area contributed by atoms with Crippen molar-refractivity contribution in [3.8, 4) is 17.1 Å². The van der Waals surface area contributed by atoms with Crippen LogP contribution < -0.4 is 0 Å². The second-order valence-electron chi connectivity index (χ2n) is 9.63. The number of benzene rings is 3. The summed E-state index contributed by atoms with van der Waals surface area (Å²) in [6, 6.07) is 23.0. The van der Waals surface area contributed by atoms with Gasteiger partial charge in [0.05, 0.1) is 0 Å². The molecule has 10 heteroatoms. The molecule has 4 aromatic rings. The van der Waals surface area contributed by atoms with Gasteiger partial charge in [0.25, 0.3) is 5.91 Å². The Balaban J connectivity index is 1.17. The Labute approximate surface area is 242 Å². The summed E-state index contributed by atoms with van der Waals surface area (Å²) in [5, 5.41) is 10.3. The maximum Gasteiger partial charge on any atom is 0.254 e. The number of thioether (sulfide) groups is 1. The van der Waals surface area contributed by atoms with E-state index in [9.17, 15) is 14.0 Å². The highest BCUT2D eigenvalue weighted by Crippen LogP contribution is 2.29. The standard InChI is InChI=1S/C30H29ClFN5O2S/c1-21-20-35(16-17-36(21)29(39)23-7-5-8-25(32)19-23)27(38)11-6-18-40-30-34-33-28(22-12-14-24(31)15-13-22)37(30)26-9-3-2-4-10-26/h2-5,7-10,12-15,19,21H,6,11,16-18,20H2,1H3. The second kappa shape index (κ2) is 12.7. The third-order valence-electron chi connectivity index (χ3n) is 6.83. The highest BCUT2D eigenvalue weighted by atomic mass is 35.5. The van der Waals surface area contributed by atoms with Crippen LogP contribution in [0.3, 0.4) is 0 Å². The van der Waals surface area contributed by atoms with E-state index in [-0.39, 0.29) is 17.9 Å². The minimum absolute atomic E-state index is 0.0664. The molecule has 7 nitrogen and oxygen atoms in total. The van der Waals surface area contributed by atoms with E-state index in [0.717, 1.165) is 22.2 Å². The van der Waals surface area contributed by atoms with Crippen molar-refractivity contribution in [1.29, 1.82) is 0 Å². The summed E-state index contributed by atoms with van der Waals surface area (Å²) in [6.07, 6.45) is 1.08. The molecule has 2 amide bonds. The molecule has 0 radical (unpaired) electrons. The quantitative estimate of drug-likeness (QED) is 0.190. The van der Waals surface area contributed by atoms with Crippen molar-refractivity contribution >= 4 is 35.2 Å². The van der Waals surface area contributed by atoms with Gasteiger partial charge in [-0.3, -0.25) is 14.2 Å². The fourth-order valence-corrected chi connectivity index (χ4v) is 5.79. The molecule has 0 aliphatic carbocycles. The number of amides is 2. The van der Waals surface area contributed by atoms with Crippen LogP contribution >= 0.6 is 23.4 Å². The predicted octanol–water partition coefficient (Wildman–Crippen LogP) is 5.97. The van der Waals surface area contributed by atoms with E-state index in [1.165, 1.54) is 18.2 Å². The third kappa shape index (κ3) is 6.37. The molecule has 1 atom stereocenters. The lowest BCUT2D eigenvalue weighted by Crippen LogP contribution is -2.55. The number of halogens is 2. The molecule has 206 valence electrons. The normalized spacial score (nSPS) is 15.3. The van der Waals surface area contributed by atoms with Crippen molar-refractivity contribution in [1.82, 2.24) is 24.6 Å². The summed E-state index contributed by atoms with van der Waals surface area (Å²) in [4.78, 5) is 29.4. The third-order valence-corrected chi connectivity index (χ3v) is 8.10. The number of para-hydroxylation sites is 1. The molecule has 5 rings (SSSR count). The first kappa shape index (κ1) is 27.9. The van der Waals surface area contributed by atoms with Crippen molar-refractivity contribution in [3.63, 3.8) is 0 Å². The fraction of sp³-hybridized carbons (Fsp3) is 0.267. The SMILES string of the molecule is CC1CN(C(=O)CCCSc2nnc(-c3ccc(Cl)cc3)n2-c2ccccc2)CCN1C(=O)c1cccc(F)c1. The number of carbonyl (C=O) groups is 2. The van der Waals surface area contributed by atoms with Crippen LogP contribution in [0.5, 0.6) is 0 Å². The molecule has 40 heavy (non-hydrogen) atoms. The van der Waals surface area contributed by atoms with E-state index in [1.807, 2.05) is 71.0 Å². The van der Waals surface area contributed by atoms with E-state index < -0.39 is 5.82 Å². The Morgan fingerprint density at radius 1 is 1.00 bits per heavy atom. The molecule has 0 bridgehead atoms. The van der Waals surface area contributed by atoms with Crippen LogP contribution in [0.4, 0.5) is 4.39 Å². The van der Waals surface area contributed by atoms with Crippen LogP contribution in [0.25, 0.3) is 17.1 Å². The van der Waals surface area contributed by atoms with E-state index >= 15 is 0 Å². The van der Waals surface area contributed by atoms with Crippen molar-refractivity contribution in [2.24, 2.45) is 0 Å². The summed E-state index contributed by atoms with van der Waals surface area (Å²) in [5.74, 6) is 0.840. The van der Waals surface area contributed by atoms with E-state index in [4.69, 9.17) is 11.6 Å². The van der Waals surface area contributed by atoms with E-state index in [0.29, 0.717) is 48.8 Å². The van der Waals surface area contributed by atoms with Crippen LogP contribution in [0.15, 0.2) is 84.0 Å². The first-order valence-electron chi connectivity index (χ1n) is 13.1. The molecule has 1 aromatic heterocycles. The molecular formula is C30H29ClFN5O2S. The van der Waals surface area contributed by atoms with Gasteiger partial charge in [-0.1, -0.05) is 47.6 Å². The van der Waals surface area contributed by atoms with Gasteiger partial charge in [0.2, 0.25) is 5.91 Å². The summed E-state index contributed by atoms with van der Waals surface area (Å²) in [6.45, 7) is 3.26. The maximum atomic E-state index is 13.6. The minimum atomic E-state index is -0.437. The van der Waals surface area contributed by atoms with Crippen LogP contribution in [0, 0.1) is 5.82 Å². The van der Waals surface area contributed by atoms with Gasteiger partial charge in [0, 0.05) is 59.7 Å². The highest BCUT2D eigenvalue weighted by Gasteiger charge is 2.30. The first-order chi connectivity index (χ1) is 19.4. The number of carbonyl (C=O) groups excluding carboxylic acids is 2. The lowest BCUT2D eigenvalue weighted by atomic mass is 10.1. The molecule has 3 aromatic carbocycles. The molecule has 1 aliphatic heterocycles. The van der Waals surface area contributed by atoms with Crippen molar-refractivity contribution in [2.45, 2.75) is 31.0 Å². The van der Waals surface area contributed by atoms with Gasteiger partial charge < -0.3 is 9.80 Å². The van der Waals surface area contributed by atoms with E-state index in [2.05, 4.69) is 10.2 Å². The number of nitrogens with zero attached hydrogens (tertiary/aromatic N) is 5. The Morgan fingerprint density at radius 3 is 2.50 bits per heavy atom. The largest absolute Gasteiger partial charge is 0.339 e. The summed E-state index contributed by atoms with van der Waals surface area (Å²) in [7, 11) is 0. The Morgan fingerprint density at radius 2 is 1.77 bits per heavy atom. The van der Waals surface area contributed by atoms with Gasteiger partial charge in [-0.05, 0) is 67.9 Å². The average molecular weight is 578 g/mol. The summed E-state index contributed by atoms with van der Waals surface area (Å²) in [5.41, 5.74) is 2.19. The van der Waals surface area contributed by atoms with E-state index in [1.54, 1.807) is 22.7 Å². The smallest absolute Gasteiger partial charge is 0.254 e. The van der Waals surface area contributed by atoms with Crippen molar-refractivity contribution in [2.75, 3.05) is 25.4 Å². The molecule has 0 saturated carbocycles. The zero-order valence-corrected chi connectivity index (χ0v) is 23.6. The molecule has 1 fully saturated rings. The van der Waals surface area contributed by atoms with Crippen LogP contribution in [0.1, 0.15) is 30.1 Å². The Bertz CT molecular complexity index is 1480. The van der Waals surface area contributed by atoms with Crippen molar-refractivity contribution in [3.05, 3.63) is 95.3 Å². The minimum Gasteiger partial charge on any atom is -0.339 e. The number of piperazine rings is 1. The van der Waals surface area contributed by atoms with Crippen LogP contribution in [-0.2, 0) is 4.79 Å². The Hall–Kier alpha value is -3.69. The molecular weight excluding hydrogens is 549 g/mol. The second-order valence-corrected chi connectivity index (χ2v) is 11.1. The number of aromatic nitrogens is 3. The monoisotopic (exact) mass is 577 g/mol. The maximum absolute atomic E-state index is 13.6. The highest BCUT2D eigenvalue weighted by molar-refractivity contribution is 7.99. The lowest BCUT2D eigenvalue weighted by Gasteiger charge is -2.40. The van der Waals surface area contributed by atoms with Crippen LogP contribution in [0.2, 0.25) is 5.02 Å². The topological polar surface area (TPSA) is 71.3 Å². The molecule has 1 unspecified atom stereocenters.